The van der Waals surface area contributed by atoms with E-state index in [0.717, 1.165) is 0 Å². The third-order valence-corrected chi connectivity index (χ3v) is 4.96. The maximum Gasteiger partial charge on any atom is 0.295 e. The molecule has 0 spiro atoms. The number of carbonyl (C=O) groups is 2. The van der Waals surface area contributed by atoms with Gasteiger partial charge in [-0.25, -0.2) is 0 Å². The van der Waals surface area contributed by atoms with Gasteiger partial charge in [-0.1, -0.05) is 23.7 Å². The van der Waals surface area contributed by atoms with Gasteiger partial charge in [0.2, 0.25) is 0 Å². The Morgan fingerprint density at radius 2 is 1.79 bits per heavy atom. The molecule has 1 fully saturated rings. The number of carbonyl (C=O) groups excluding carboxylic acids is 2. The maximum absolute atomic E-state index is 12.8. The molecule has 0 unspecified atom stereocenters. The van der Waals surface area contributed by atoms with Gasteiger partial charge < -0.3 is 19.5 Å². The number of ether oxygens (including phenoxy) is 2. The Hall–Kier alpha value is -3.25. The zero-order chi connectivity index (χ0) is 21.1. The van der Waals surface area contributed by atoms with Crippen molar-refractivity contribution in [3.63, 3.8) is 0 Å². The summed E-state index contributed by atoms with van der Waals surface area (Å²) >= 11 is 5.91. The van der Waals surface area contributed by atoms with Crippen molar-refractivity contribution in [3.05, 3.63) is 76.8 Å². The summed E-state index contributed by atoms with van der Waals surface area (Å²) < 4.78 is 10.6. The number of hydrogen-bond acceptors (Lipinski definition) is 5. The third-order valence-electron chi connectivity index (χ3n) is 4.71. The summed E-state index contributed by atoms with van der Waals surface area (Å²) in [5, 5.41) is 11.4. The molecule has 0 radical (unpaired) electrons. The molecule has 0 aliphatic carbocycles. The van der Waals surface area contributed by atoms with Gasteiger partial charge in [0.05, 0.1) is 25.8 Å². The lowest BCUT2D eigenvalue weighted by Gasteiger charge is -2.24. The first-order valence-electron chi connectivity index (χ1n) is 8.80. The molecule has 0 bridgehead atoms. The van der Waals surface area contributed by atoms with Crippen molar-refractivity contribution in [1.29, 1.82) is 0 Å². The summed E-state index contributed by atoms with van der Waals surface area (Å²) in [4.78, 5) is 26.8. The number of likely N-dealkylation sites (tertiary alicyclic amines) is 1. The van der Waals surface area contributed by atoms with Crippen molar-refractivity contribution >= 4 is 29.1 Å². The van der Waals surface area contributed by atoms with E-state index in [4.69, 9.17) is 21.1 Å². The number of rotatable bonds is 6. The van der Waals surface area contributed by atoms with Crippen molar-refractivity contribution in [2.75, 3.05) is 20.8 Å². The molecule has 1 amide bonds. The molecular formula is C22H20ClNO5. The molecule has 7 heteroatoms. The third kappa shape index (κ3) is 3.71. The molecule has 0 saturated carbocycles. The number of methoxy groups -OCH3 is 2. The minimum Gasteiger partial charge on any atom is -0.507 e. The van der Waals surface area contributed by atoms with Crippen LogP contribution in [-0.2, 0) is 9.59 Å². The van der Waals surface area contributed by atoms with Crippen LogP contribution in [-0.4, -0.2) is 42.5 Å². The molecule has 1 atom stereocenters. The molecular weight excluding hydrogens is 394 g/mol. The summed E-state index contributed by atoms with van der Waals surface area (Å²) in [6.45, 7) is 3.81. The van der Waals surface area contributed by atoms with Crippen molar-refractivity contribution in [3.8, 4) is 11.5 Å². The molecule has 150 valence electrons. The van der Waals surface area contributed by atoms with Gasteiger partial charge in [0, 0.05) is 17.1 Å². The molecule has 2 aromatic carbocycles. The normalized spacial score (nSPS) is 18.0. The predicted octanol–water partition coefficient (Wildman–Crippen LogP) is 3.96. The molecule has 1 N–H and O–H groups in total. The number of amides is 1. The van der Waals surface area contributed by atoms with E-state index in [-0.39, 0.29) is 17.9 Å². The SMILES string of the molecule is C=CCN1C(=O)C(=O)/C(=C(/O)c2ccc(Cl)cc2)[C@@H]1c1ccc(OC)c(OC)c1. The number of halogens is 1. The van der Waals surface area contributed by atoms with E-state index in [0.29, 0.717) is 27.6 Å². The number of nitrogens with zero attached hydrogens (tertiary/aromatic N) is 1. The van der Waals surface area contributed by atoms with Crippen LogP contribution in [0.5, 0.6) is 11.5 Å². The van der Waals surface area contributed by atoms with Crippen LogP contribution in [0.25, 0.3) is 5.76 Å². The second-order valence-corrected chi connectivity index (χ2v) is 6.80. The highest BCUT2D eigenvalue weighted by Gasteiger charge is 2.45. The minimum absolute atomic E-state index is 0.00797. The lowest BCUT2D eigenvalue weighted by atomic mass is 9.95. The molecule has 3 rings (SSSR count). The fraction of sp³-hybridized carbons (Fsp3) is 0.182. The van der Waals surface area contributed by atoms with Gasteiger partial charge in [-0.2, -0.15) is 0 Å². The number of hydrogen-bond donors (Lipinski definition) is 1. The monoisotopic (exact) mass is 413 g/mol. The van der Waals surface area contributed by atoms with Crippen LogP contribution in [0.4, 0.5) is 0 Å². The van der Waals surface area contributed by atoms with Crippen molar-refractivity contribution in [1.82, 2.24) is 4.90 Å². The molecule has 1 heterocycles. The standard InChI is InChI=1S/C22H20ClNO5/c1-4-11-24-19(14-7-10-16(28-2)17(12-14)29-3)18(21(26)22(24)27)20(25)13-5-8-15(23)9-6-13/h4-10,12,19,25H,1,11H2,2-3H3/b20-18+/t19-/m0/s1. The Labute approximate surface area is 173 Å². The molecule has 2 aromatic rings. The van der Waals surface area contributed by atoms with Crippen LogP contribution < -0.4 is 9.47 Å². The first-order valence-corrected chi connectivity index (χ1v) is 9.17. The summed E-state index contributed by atoms with van der Waals surface area (Å²) in [6.07, 6.45) is 1.53. The zero-order valence-corrected chi connectivity index (χ0v) is 16.8. The van der Waals surface area contributed by atoms with Gasteiger partial charge in [-0.15, -0.1) is 6.58 Å². The minimum atomic E-state index is -0.802. The molecule has 1 aliphatic heterocycles. The maximum atomic E-state index is 12.8. The second-order valence-electron chi connectivity index (χ2n) is 6.36. The van der Waals surface area contributed by atoms with Crippen LogP contribution in [0, 0.1) is 0 Å². The molecule has 0 aromatic heterocycles. The van der Waals surface area contributed by atoms with Crippen LogP contribution in [0.3, 0.4) is 0 Å². The van der Waals surface area contributed by atoms with Gasteiger partial charge in [0.15, 0.2) is 11.5 Å². The Bertz CT molecular complexity index is 997. The molecule has 6 nitrogen and oxygen atoms in total. The van der Waals surface area contributed by atoms with Crippen molar-refractivity contribution < 1.29 is 24.2 Å². The highest BCUT2D eigenvalue weighted by atomic mass is 35.5. The van der Waals surface area contributed by atoms with Crippen LogP contribution in [0.15, 0.2) is 60.7 Å². The summed E-state index contributed by atoms with van der Waals surface area (Å²) in [5.74, 6) is -0.791. The van der Waals surface area contributed by atoms with Crippen LogP contribution in [0.2, 0.25) is 5.02 Å². The Morgan fingerprint density at radius 1 is 1.14 bits per heavy atom. The second kappa shape index (κ2) is 8.41. The van der Waals surface area contributed by atoms with Crippen molar-refractivity contribution in [2.45, 2.75) is 6.04 Å². The van der Waals surface area contributed by atoms with E-state index in [1.165, 1.54) is 25.2 Å². The highest BCUT2D eigenvalue weighted by molar-refractivity contribution is 6.46. The number of aliphatic hydroxyl groups is 1. The quantitative estimate of drug-likeness (QED) is 0.335. The number of ketones is 1. The number of Topliss-reactive ketones (excluding diaryl/α,β-unsaturated/α-hetero) is 1. The average Bonchev–Trinajstić information content (AvgIpc) is 2.98. The highest BCUT2D eigenvalue weighted by Crippen LogP contribution is 2.41. The van der Waals surface area contributed by atoms with Crippen LogP contribution in [0.1, 0.15) is 17.2 Å². The molecule has 29 heavy (non-hydrogen) atoms. The fourth-order valence-electron chi connectivity index (χ4n) is 3.34. The largest absolute Gasteiger partial charge is 0.507 e. The van der Waals surface area contributed by atoms with E-state index in [1.807, 2.05) is 0 Å². The van der Waals surface area contributed by atoms with E-state index < -0.39 is 17.7 Å². The molecule has 1 saturated heterocycles. The summed E-state index contributed by atoms with van der Waals surface area (Å²) in [7, 11) is 3.01. The van der Waals surface area contributed by atoms with Crippen molar-refractivity contribution in [2.24, 2.45) is 0 Å². The van der Waals surface area contributed by atoms with E-state index >= 15 is 0 Å². The van der Waals surface area contributed by atoms with Gasteiger partial charge in [0.25, 0.3) is 11.7 Å². The van der Waals surface area contributed by atoms with Crippen LogP contribution >= 0.6 is 11.6 Å². The molecule has 1 aliphatic rings. The van der Waals surface area contributed by atoms with Gasteiger partial charge in [-0.3, -0.25) is 9.59 Å². The average molecular weight is 414 g/mol. The first kappa shape index (κ1) is 20.5. The predicted molar refractivity (Wildman–Crippen MR) is 110 cm³/mol. The first-order chi connectivity index (χ1) is 13.9. The summed E-state index contributed by atoms with van der Waals surface area (Å²) in [6, 6.07) is 10.7. The number of aliphatic hydroxyl groups excluding tert-OH is 1. The lowest BCUT2D eigenvalue weighted by Crippen LogP contribution is -2.29. The smallest absolute Gasteiger partial charge is 0.295 e. The van der Waals surface area contributed by atoms with E-state index in [1.54, 1.807) is 42.5 Å². The Morgan fingerprint density at radius 3 is 2.38 bits per heavy atom. The van der Waals surface area contributed by atoms with E-state index in [9.17, 15) is 14.7 Å². The van der Waals surface area contributed by atoms with E-state index in [2.05, 4.69) is 6.58 Å². The number of benzene rings is 2. The lowest BCUT2D eigenvalue weighted by molar-refractivity contribution is -0.139. The Balaban J connectivity index is 2.21. The topological polar surface area (TPSA) is 76.1 Å². The fourth-order valence-corrected chi connectivity index (χ4v) is 3.47. The zero-order valence-electron chi connectivity index (χ0n) is 16.0. The van der Waals surface area contributed by atoms with Gasteiger partial charge in [0.1, 0.15) is 5.76 Å². The Kier molecular flexibility index (Phi) is 5.94. The van der Waals surface area contributed by atoms with Gasteiger partial charge >= 0.3 is 0 Å². The van der Waals surface area contributed by atoms with Gasteiger partial charge in [-0.05, 0) is 42.0 Å². The summed E-state index contributed by atoms with van der Waals surface area (Å²) in [5.41, 5.74) is 0.974.